The van der Waals surface area contributed by atoms with Gasteiger partial charge in [-0.1, -0.05) is 27.7 Å². The van der Waals surface area contributed by atoms with Crippen LogP contribution >= 0.6 is 0 Å². The molecule has 0 amide bonds. The third-order valence-corrected chi connectivity index (χ3v) is 10.1. The van der Waals surface area contributed by atoms with Crippen LogP contribution in [0.5, 0.6) is 0 Å². The van der Waals surface area contributed by atoms with Gasteiger partial charge in [-0.15, -0.1) is 0 Å². The Labute approximate surface area is 166 Å². The molecule has 0 atom stereocenters. The first-order chi connectivity index (χ1) is 12.4. The molecule has 7 nitrogen and oxygen atoms in total. The van der Waals surface area contributed by atoms with E-state index < -0.39 is 29.5 Å². The van der Waals surface area contributed by atoms with Crippen LogP contribution in [0, 0.1) is 0 Å². The van der Waals surface area contributed by atoms with Gasteiger partial charge in [0.25, 0.3) is 0 Å². The molecule has 0 rings (SSSR count). The molecule has 0 saturated carbocycles. The number of sulfonamides is 2. The monoisotopic (exact) mass is 428 g/mol. The molecule has 0 bridgehead atoms. The van der Waals surface area contributed by atoms with Crippen LogP contribution in [-0.4, -0.2) is 39.5 Å². The van der Waals surface area contributed by atoms with E-state index in [9.17, 15) is 16.8 Å². The summed E-state index contributed by atoms with van der Waals surface area (Å²) in [5.41, 5.74) is 0. The molecule has 0 aromatic carbocycles. The van der Waals surface area contributed by atoms with Crippen molar-refractivity contribution in [3.8, 4) is 0 Å². The third-order valence-electron chi connectivity index (χ3n) is 6.13. The Bertz CT molecular complexity index is 556. The van der Waals surface area contributed by atoms with E-state index in [1.54, 1.807) is 0 Å². The molecular formula is C18H40N2O5S2. The van der Waals surface area contributed by atoms with E-state index in [2.05, 4.69) is 0 Å². The van der Waals surface area contributed by atoms with Gasteiger partial charge in [-0.3, -0.25) is 0 Å². The Hall–Kier alpha value is -0.220. The molecule has 0 aliphatic heterocycles. The summed E-state index contributed by atoms with van der Waals surface area (Å²) in [5, 5.41) is 10.8. The van der Waals surface area contributed by atoms with Gasteiger partial charge in [-0.25, -0.2) is 27.1 Å². The fourth-order valence-electron chi connectivity index (χ4n) is 3.70. The highest BCUT2D eigenvalue weighted by Gasteiger charge is 2.38. The molecule has 0 fully saturated rings. The maximum atomic E-state index is 11.8. The fourth-order valence-corrected chi connectivity index (χ4v) is 6.17. The maximum Gasteiger partial charge on any atom is 0.214 e. The molecule has 27 heavy (non-hydrogen) atoms. The molecule has 0 heterocycles. The van der Waals surface area contributed by atoms with Gasteiger partial charge in [-0.2, -0.15) is 0 Å². The van der Waals surface area contributed by atoms with Crippen molar-refractivity contribution in [1.29, 1.82) is 0 Å². The van der Waals surface area contributed by atoms with Gasteiger partial charge in [0.2, 0.25) is 20.0 Å². The summed E-state index contributed by atoms with van der Waals surface area (Å²) in [6.07, 6.45) is 6.22. The van der Waals surface area contributed by atoms with E-state index in [0.717, 1.165) is 25.7 Å². The summed E-state index contributed by atoms with van der Waals surface area (Å²) in [6.45, 7) is 8.57. The zero-order valence-electron chi connectivity index (χ0n) is 17.5. The van der Waals surface area contributed by atoms with E-state index in [1.165, 1.54) is 0 Å². The minimum Gasteiger partial charge on any atom is -0.381 e. The molecule has 164 valence electrons. The summed E-state index contributed by atoms with van der Waals surface area (Å²) in [4.78, 5) is 0. The fraction of sp³-hybridized carbons (Fsp3) is 1.00. The van der Waals surface area contributed by atoms with E-state index in [4.69, 9.17) is 15.0 Å². The number of primary sulfonamides is 2. The topological polar surface area (TPSA) is 130 Å². The normalized spacial score (nSPS) is 13.9. The maximum absolute atomic E-state index is 11.8. The quantitative estimate of drug-likeness (QED) is 0.365. The summed E-state index contributed by atoms with van der Waals surface area (Å²) in [6, 6.07) is 0. The number of rotatable bonds is 16. The first-order valence-electron chi connectivity index (χ1n) is 10.1. The molecule has 9 heteroatoms. The van der Waals surface area contributed by atoms with Gasteiger partial charge in [0.05, 0.1) is 9.49 Å². The molecule has 0 radical (unpaired) electrons. The summed E-state index contributed by atoms with van der Waals surface area (Å²) < 4.78 is 51.3. The van der Waals surface area contributed by atoms with Crippen molar-refractivity contribution in [3.63, 3.8) is 0 Å². The van der Waals surface area contributed by atoms with Crippen LogP contribution < -0.4 is 10.3 Å². The van der Waals surface area contributed by atoms with E-state index >= 15 is 0 Å². The van der Waals surface area contributed by atoms with Gasteiger partial charge >= 0.3 is 0 Å². The molecule has 0 aliphatic rings. The second-order valence-corrected chi connectivity index (χ2v) is 11.3. The standard InChI is InChI=1S/C18H40N2O5S2/c1-5-17(6-2,26(19,21)22)13-9-11-15-25-16-12-10-14-18(7-3,8-4)27(20,23)24/h5-16H2,1-4H3,(H2,19,21,22)(H2,20,23,24). The lowest BCUT2D eigenvalue weighted by Crippen LogP contribution is -2.42. The number of ether oxygens (including phenoxy) is 1. The Balaban J connectivity index is 4.12. The molecule has 0 spiro atoms. The van der Waals surface area contributed by atoms with Crippen molar-refractivity contribution in [2.75, 3.05) is 13.2 Å². The lowest BCUT2D eigenvalue weighted by atomic mass is 9.95. The molecule has 0 aromatic heterocycles. The smallest absolute Gasteiger partial charge is 0.214 e. The number of hydrogen-bond acceptors (Lipinski definition) is 5. The molecule has 0 aliphatic carbocycles. The van der Waals surface area contributed by atoms with Crippen molar-refractivity contribution in [2.24, 2.45) is 10.3 Å². The molecular weight excluding hydrogens is 388 g/mol. The average Bonchev–Trinajstić information content (AvgIpc) is 2.58. The summed E-state index contributed by atoms with van der Waals surface area (Å²) in [5.74, 6) is 0. The minimum absolute atomic E-state index is 0.518. The molecule has 0 saturated heterocycles. The summed E-state index contributed by atoms with van der Waals surface area (Å²) in [7, 11) is -7.13. The van der Waals surface area contributed by atoms with Gasteiger partial charge < -0.3 is 4.74 Å². The zero-order valence-corrected chi connectivity index (χ0v) is 19.1. The van der Waals surface area contributed by atoms with Crippen LogP contribution in [0.2, 0.25) is 0 Å². The Morgan fingerprint density at radius 2 is 0.926 bits per heavy atom. The number of nitrogens with two attached hydrogens (primary N) is 2. The van der Waals surface area contributed by atoms with E-state index in [1.807, 2.05) is 27.7 Å². The minimum atomic E-state index is -3.56. The zero-order chi connectivity index (χ0) is 21.2. The Morgan fingerprint density at radius 3 is 1.15 bits per heavy atom. The molecule has 4 N–H and O–H groups in total. The predicted molar refractivity (Wildman–Crippen MR) is 111 cm³/mol. The van der Waals surface area contributed by atoms with Crippen molar-refractivity contribution in [3.05, 3.63) is 0 Å². The van der Waals surface area contributed by atoms with Crippen LogP contribution in [0.3, 0.4) is 0 Å². The van der Waals surface area contributed by atoms with E-state index in [-0.39, 0.29) is 0 Å². The van der Waals surface area contributed by atoms with Crippen molar-refractivity contribution >= 4 is 20.0 Å². The lowest BCUT2D eigenvalue weighted by Gasteiger charge is -2.29. The van der Waals surface area contributed by atoms with E-state index in [0.29, 0.717) is 51.7 Å². The van der Waals surface area contributed by atoms with Crippen molar-refractivity contribution < 1.29 is 21.6 Å². The van der Waals surface area contributed by atoms with Crippen molar-refractivity contribution in [2.45, 2.75) is 101 Å². The van der Waals surface area contributed by atoms with Gasteiger partial charge in [-0.05, 0) is 64.2 Å². The first kappa shape index (κ1) is 26.8. The first-order valence-corrected chi connectivity index (χ1v) is 13.2. The highest BCUT2D eigenvalue weighted by atomic mass is 32.2. The van der Waals surface area contributed by atoms with Crippen molar-refractivity contribution in [1.82, 2.24) is 0 Å². The molecule has 0 aromatic rings. The number of unbranched alkanes of at least 4 members (excludes halogenated alkanes) is 2. The molecule has 0 unspecified atom stereocenters. The largest absolute Gasteiger partial charge is 0.381 e. The van der Waals surface area contributed by atoms with Crippen LogP contribution in [-0.2, 0) is 24.8 Å². The van der Waals surface area contributed by atoms with Crippen LogP contribution in [0.4, 0.5) is 0 Å². The SMILES string of the molecule is CCC(CC)(CCCCOCCCCC(CC)(CC)S(N)(=O)=O)S(N)(=O)=O. The summed E-state index contributed by atoms with van der Waals surface area (Å²) >= 11 is 0. The van der Waals surface area contributed by atoms with Gasteiger partial charge in [0.15, 0.2) is 0 Å². The third kappa shape index (κ3) is 7.61. The van der Waals surface area contributed by atoms with Crippen LogP contribution in [0.1, 0.15) is 91.9 Å². The highest BCUT2D eigenvalue weighted by Crippen LogP contribution is 2.30. The second-order valence-electron chi connectivity index (χ2n) is 7.40. The Morgan fingerprint density at radius 1 is 0.630 bits per heavy atom. The average molecular weight is 429 g/mol. The predicted octanol–water partition coefficient (Wildman–Crippen LogP) is 3.04. The van der Waals surface area contributed by atoms with Gasteiger partial charge in [0, 0.05) is 13.2 Å². The van der Waals surface area contributed by atoms with Gasteiger partial charge in [0.1, 0.15) is 0 Å². The Kier molecular flexibility index (Phi) is 11.6. The van der Waals surface area contributed by atoms with Crippen LogP contribution in [0.15, 0.2) is 0 Å². The number of hydrogen-bond donors (Lipinski definition) is 2. The van der Waals surface area contributed by atoms with Crippen LogP contribution in [0.25, 0.3) is 0 Å². The lowest BCUT2D eigenvalue weighted by molar-refractivity contribution is 0.124. The second kappa shape index (κ2) is 11.7. The highest BCUT2D eigenvalue weighted by molar-refractivity contribution is 7.90.